The average molecular weight is 332 g/mol. The molecule has 1 atom stereocenters. The van der Waals surface area contributed by atoms with Crippen molar-refractivity contribution in [3.05, 3.63) is 27.8 Å². The molecular formula is C12H14BrNO5. The van der Waals surface area contributed by atoms with E-state index in [2.05, 4.69) is 15.9 Å². The minimum Gasteiger partial charge on any atom is -0.486 e. The van der Waals surface area contributed by atoms with Gasteiger partial charge in [0.25, 0.3) is 5.69 Å². The van der Waals surface area contributed by atoms with E-state index in [0.29, 0.717) is 43.3 Å². The molecule has 0 amide bonds. The van der Waals surface area contributed by atoms with E-state index in [-0.39, 0.29) is 10.5 Å². The van der Waals surface area contributed by atoms with Crippen LogP contribution in [0.25, 0.3) is 0 Å². The van der Waals surface area contributed by atoms with Gasteiger partial charge in [0, 0.05) is 17.5 Å². The van der Waals surface area contributed by atoms with Gasteiger partial charge in [-0.2, -0.15) is 0 Å². The van der Waals surface area contributed by atoms with Gasteiger partial charge in [-0.1, -0.05) is 15.9 Å². The molecule has 0 saturated carbocycles. The molecule has 1 unspecified atom stereocenters. The lowest BCUT2D eigenvalue weighted by Gasteiger charge is -2.19. The second-order valence-corrected chi connectivity index (χ2v) is 5.43. The Kier molecular flexibility index (Phi) is 4.60. The molecule has 1 aromatic carbocycles. The molecular weight excluding hydrogens is 318 g/mol. The van der Waals surface area contributed by atoms with Crippen molar-refractivity contribution in [1.29, 1.82) is 0 Å². The molecule has 0 saturated heterocycles. The van der Waals surface area contributed by atoms with Crippen LogP contribution in [0.5, 0.6) is 11.5 Å². The van der Waals surface area contributed by atoms with Crippen molar-refractivity contribution in [3.8, 4) is 11.5 Å². The van der Waals surface area contributed by atoms with Crippen LogP contribution < -0.4 is 9.47 Å². The predicted molar refractivity (Wildman–Crippen MR) is 72.4 cm³/mol. The topological polar surface area (TPSA) is 70.8 Å². The Bertz CT molecular complexity index is 479. The SMILES string of the molecule is COCC(Br)Cc1cc2c(cc1[N+](=O)[O-])OCCO2. The average Bonchev–Trinajstić information content (AvgIpc) is 2.38. The fourth-order valence-corrected chi connectivity index (χ4v) is 2.55. The number of methoxy groups -OCH3 is 1. The van der Waals surface area contributed by atoms with Crippen molar-refractivity contribution < 1.29 is 19.1 Å². The van der Waals surface area contributed by atoms with Gasteiger partial charge in [-0.25, -0.2) is 0 Å². The molecule has 0 fully saturated rings. The number of nitro groups is 1. The van der Waals surface area contributed by atoms with Crippen molar-refractivity contribution in [2.45, 2.75) is 11.2 Å². The summed E-state index contributed by atoms with van der Waals surface area (Å²) < 4.78 is 15.8. The quantitative estimate of drug-likeness (QED) is 0.470. The second kappa shape index (κ2) is 6.21. The highest BCUT2D eigenvalue weighted by atomic mass is 79.9. The summed E-state index contributed by atoms with van der Waals surface area (Å²) in [5.74, 6) is 0.989. The molecule has 104 valence electrons. The molecule has 0 spiro atoms. The molecule has 19 heavy (non-hydrogen) atoms. The maximum Gasteiger partial charge on any atom is 0.276 e. The predicted octanol–water partition coefficient (Wildman–Crippen LogP) is 2.32. The first-order valence-corrected chi connectivity index (χ1v) is 6.73. The summed E-state index contributed by atoms with van der Waals surface area (Å²) in [5.41, 5.74) is 0.651. The molecule has 1 heterocycles. The number of nitrogens with zero attached hydrogens (tertiary/aromatic N) is 1. The molecule has 1 aliphatic heterocycles. The maximum absolute atomic E-state index is 11.1. The molecule has 0 bridgehead atoms. The molecule has 0 aliphatic carbocycles. The smallest absolute Gasteiger partial charge is 0.276 e. The molecule has 1 aromatic rings. The number of fused-ring (bicyclic) bond motifs is 1. The van der Waals surface area contributed by atoms with E-state index < -0.39 is 4.92 Å². The van der Waals surface area contributed by atoms with Gasteiger partial charge in [0.15, 0.2) is 11.5 Å². The first-order chi connectivity index (χ1) is 9.11. The summed E-state index contributed by atoms with van der Waals surface area (Å²) in [6, 6.07) is 3.10. The van der Waals surface area contributed by atoms with Crippen LogP contribution in [0, 0.1) is 10.1 Å². The molecule has 2 rings (SSSR count). The monoisotopic (exact) mass is 331 g/mol. The van der Waals surface area contributed by atoms with Crippen molar-refractivity contribution in [1.82, 2.24) is 0 Å². The number of halogens is 1. The van der Waals surface area contributed by atoms with Crippen LogP contribution in [-0.4, -0.2) is 36.7 Å². The lowest BCUT2D eigenvalue weighted by atomic mass is 10.1. The largest absolute Gasteiger partial charge is 0.486 e. The molecule has 0 radical (unpaired) electrons. The number of benzene rings is 1. The van der Waals surface area contributed by atoms with E-state index >= 15 is 0 Å². The Balaban J connectivity index is 2.31. The zero-order valence-electron chi connectivity index (χ0n) is 10.4. The Labute approximate surface area is 118 Å². The Hall–Kier alpha value is -1.34. The van der Waals surface area contributed by atoms with Gasteiger partial charge in [0.05, 0.1) is 17.6 Å². The van der Waals surface area contributed by atoms with Crippen LogP contribution in [0.4, 0.5) is 5.69 Å². The molecule has 6 nitrogen and oxygen atoms in total. The van der Waals surface area contributed by atoms with Crippen LogP contribution in [0.3, 0.4) is 0 Å². The van der Waals surface area contributed by atoms with Crippen molar-refractivity contribution in [3.63, 3.8) is 0 Å². The lowest BCUT2D eigenvalue weighted by molar-refractivity contribution is -0.385. The van der Waals surface area contributed by atoms with E-state index in [4.69, 9.17) is 14.2 Å². The van der Waals surface area contributed by atoms with E-state index in [1.165, 1.54) is 6.07 Å². The third-order valence-corrected chi connectivity index (χ3v) is 3.32. The summed E-state index contributed by atoms with van der Waals surface area (Å²) >= 11 is 3.43. The first-order valence-electron chi connectivity index (χ1n) is 5.81. The number of alkyl halides is 1. The lowest BCUT2D eigenvalue weighted by Crippen LogP contribution is -2.17. The Morgan fingerprint density at radius 3 is 2.63 bits per heavy atom. The standard InChI is InChI=1S/C12H14BrNO5/c1-17-7-9(13)4-8-5-11-12(19-3-2-18-11)6-10(8)14(15)16/h5-6,9H,2-4,7H2,1H3. The van der Waals surface area contributed by atoms with Crippen LogP contribution in [0.2, 0.25) is 0 Å². The zero-order valence-corrected chi connectivity index (χ0v) is 12.0. The minimum absolute atomic E-state index is 0.0127. The van der Waals surface area contributed by atoms with Crippen molar-refractivity contribution in [2.24, 2.45) is 0 Å². The number of hydrogen-bond acceptors (Lipinski definition) is 5. The summed E-state index contributed by atoms with van der Waals surface area (Å²) in [4.78, 5) is 10.7. The number of rotatable bonds is 5. The highest BCUT2D eigenvalue weighted by molar-refractivity contribution is 9.09. The van der Waals surface area contributed by atoms with Crippen molar-refractivity contribution in [2.75, 3.05) is 26.9 Å². The number of nitro benzene ring substituents is 1. The summed E-state index contributed by atoms with van der Waals surface area (Å²) in [7, 11) is 1.59. The van der Waals surface area contributed by atoms with Crippen LogP contribution in [0.15, 0.2) is 12.1 Å². The van der Waals surface area contributed by atoms with Crippen LogP contribution in [-0.2, 0) is 11.2 Å². The summed E-state index contributed by atoms with van der Waals surface area (Å²) in [6.07, 6.45) is 0.487. The first kappa shape index (κ1) is 14.1. The minimum atomic E-state index is -0.403. The highest BCUT2D eigenvalue weighted by Crippen LogP contribution is 2.37. The van der Waals surface area contributed by atoms with E-state index in [1.54, 1.807) is 13.2 Å². The second-order valence-electron chi connectivity index (χ2n) is 4.14. The van der Waals surface area contributed by atoms with Gasteiger partial charge in [-0.05, 0) is 12.5 Å². The Morgan fingerprint density at radius 2 is 2.05 bits per heavy atom. The van der Waals surface area contributed by atoms with Gasteiger partial charge in [-0.15, -0.1) is 0 Å². The van der Waals surface area contributed by atoms with E-state index in [1.807, 2.05) is 0 Å². The maximum atomic E-state index is 11.1. The Morgan fingerprint density at radius 1 is 1.42 bits per heavy atom. The zero-order chi connectivity index (χ0) is 13.8. The van der Waals surface area contributed by atoms with E-state index in [0.717, 1.165) is 0 Å². The van der Waals surface area contributed by atoms with Gasteiger partial charge in [-0.3, -0.25) is 10.1 Å². The molecule has 0 aromatic heterocycles. The number of hydrogen-bond donors (Lipinski definition) is 0. The third kappa shape index (κ3) is 3.36. The van der Waals surface area contributed by atoms with Crippen LogP contribution in [0.1, 0.15) is 5.56 Å². The van der Waals surface area contributed by atoms with Crippen molar-refractivity contribution >= 4 is 21.6 Å². The highest BCUT2D eigenvalue weighted by Gasteiger charge is 2.23. The van der Waals surface area contributed by atoms with Gasteiger partial charge >= 0.3 is 0 Å². The summed E-state index contributed by atoms with van der Waals surface area (Å²) in [5, 5.41) is 11.1. The fourth-order valence-electron chi connectivity index (χ4n) is 1.93. The fraction of sp³-hybridized carbons (Fsp3) is 0.500. The third-order valence-electron chi connectivity index (χ3n) is 2.73. The van der Waals surface area contributed by atoms with Gasteiger partial charge in [0.1, 0.15) is 13.2 Å². The van der Waals surface area contributed by atoms with Crippen LogP contribution >= 0.6 is 15.9 Å². The molecule has 1 aliphatic rings. The number of ether oxygens (including phenoxy) is 3. The van der Waals surface area contributed by atoms with E-state index in [9.17, 15) is 10.1 Å². The normalized spacial score (nSPS) is 15.1. The van der Waals surface area contributed by atoms with Gasteiger partial charge in [0.2, 0.25) is 0 Å². The molecule has 7 heteroatoms. The molecule has 0 N–H and O–H groups in total. The summed E-state index contributed by atoms with van der Waals surface area (Å²) in [6.45, 7) is 1.35. The van der Waals surface area contributed by atoms with Gasteiger partial charge < -0.3 is 14.2 Å².